The summed E-state index contributed by atoms with van der Waals surface area (Å²) in [5, 5.41) is 8.90. The van der Waals surface area contributed by atoms with Crippen molar-refractivity contribution in [1.82, 2.24) is 9.71 Å². The maximum atomic E-state index is 12.3. The molecule has 1 saturated carbocycles. The minimum Gasteiger partial charge on any atom is -0.244 e. The minimum absolute atomic E-state index is 0.0350. The molecule has 1 aromatic heterocycles. The number of nitrogens with zero attached hydrogens (tertiary/aromatic N) is 2. The average molecular weight is 265 g/mol. The first-order valence-corrected chi connectivity index (χ1v) is 7.40. The average Bonchev–Trinajstić information content (AvgIpc) is 2.34. The summed E-state index contributed by atoms with van der Waals surface area (Å²) < 4.78 is 27.3. The molecule has 0 aliphatic heterocycles. The Labute approximate surface area is 107 Å². The third-order valence-electron chi connectivity index (χ3n) is 3.50. The summed E-state index contributed by atoms with van der Waals surface area (Å²) in [5.41, 5.74) is -0.392. The molecule has 0 saturated heterocycles. The van der Waals surface area contributed by atoms with E-state index >= 15 is 0 Å². The van der Waals surface area contributed by atoms with Gasteiger partial charge in [-0.3, -0.25) is 0 Å². The van der Waals surface area contributed by atoms with E-state index in [4.69, 9.17) is 5.26 Å². The molecule has 1 aliphatic carbocycles. The molecular weight excluding hydrogens is 250 g/mol. The summed E-state index contributed by atoms with van der Waals surface area (Å²) in [6.45, 7) is 1.97. The van der Waals surface area contributed by atoms with E-state index in [2.05, 4.69) is 9.71 Å². The van der Waals surface area contributed by atoms with Gasteiger partial charge in [-0.05, 0) is 37.8 Å². The third kappa shape index (κ3) is 2.24. The molecule has 0 unspecified atom stereocenters. The summed E-state index contributed by atoms with van der Waals surface area (Å²) >= 11 is 0. The van der Waals surface area contributed by atoms with Crippen LogP contribution in [0.1, 0.15) is 38.3 Å². The first-order chi connectivity index (χ1) is 8.53. The van der Waals surface area contributed by atoms with Crippen LogP contribution in [0, 0.1) is 11.3 Å². The van der Waals surface area contributed by atoms with Gasteiger partial charge in [-0.15, -0.1) is 0 Å². The normalized spacial score (nSPS) is 17.8. The van der Waals surface area contributed by atoms with Gasteiger partial charge in [0.1, 0.15) is 11.0 Å². The lowest BCUT2D eigenvalue weighted by Gasteiger charge is -2.41. The van der Waals surface area contributed by atoms with E-state index < -0.39 is 10.0 Å². The molecule has 1 aliphatic rings. The number of sulfonamides is 1. The number of pyridine rings is 1. The monoisotopic (exact) mass is 265 g/mol. The maximum Gasteiger partial charge on any atom is 0.243 e. The second-order valence-corrected chi connectivity index (χ2v) is 6.21. The molecule has 0 spiro atoms. The fourth-order valence-corrected chi connectivity index (χ4v) is 3.80. The van der Waals surface area contributed by atoms with E-state index in [1.807, 2.05) is 13.0 Å². The van der Waals surface area contributed by atoms with Crippen molar-refractivity contribution >= 4 is 10.0 Å². The SMILES string of the molecule is CCC1(NS(=O)(=O)c2cccnc2C#N)CCC1. The summed E-state index contributed by atoms with van der Waals surface area (Å²) in [4.78, 5) is 3.75. The highest BCUT2D eigenvalue weighted by Crippen LogP contribution is 2.36. The Morgan fingerprint density at radius 2 is 2.28 bits per heavy atom. The van der Waals surface area contributed by atoms with Crippen LogP contribution < -0.4 is 4.72 Å². The molecule has 5 nitrogen and oxygen atoms in total. The molecule has 0 amide bonds. The minimum atomic E-state index is -3.67. The molecule has 0 aromatic carbocycles. The van der Waals surface area contributed by atoms with Crippen molar-refractivity contribution in [3.8, 4) is 6.07 Å². The second kappa shape index (κ2) is 4.67. The third-order valence-corrected chi connectivity index (χ3v) is 5.11. The van der Waals surface area contributed by atoms with Gasteiger partial charge in [-0.2, -0.15) is 5.26 Å². The molecule has 1 aromatic rings. The number of nitriles is 1. The highest BCUT2D eigenvalue weighted by Gasteiger charge is 2.39. The van der Waals surface area contributed by atoms with Crippen LogP contribution in [0.25, 0.3) is 0 Å². The standard InChI is InChI=1S/C12H15N3O2S/c1-2-12(6-4-7-12)15-18(16,17)11-5-3-8-14-10(11)9-13/h3,5,8,15H,2,4,6-7H2,1H3. The largest absolute Gasteiger partial charge is 0.244 e. The highest BCUT2D eigenvalue weighted by atomic mass is 32.2. The van der Waals surface area contributed by atoms with Crippen LogP contribution in [0.4, 0.5) is 0 Å². The number of hydrogen-bond donors (Lipinski definition) is 1. The van der Waals surface area contributed by atoms with Gasteiger partial charge in [0, 0.05) is 11.7 Å². The van der Waals surface area contributed by atoms with E-state index in [1.54, 1.807) is 0 Å². The van der Waals surface area contributed by atoms with Crippen molar-refractivity contribution in [3.05, 3.63) is 24.0 Å². The Kier molecular flexibility index (Phi) is 3.37. The van der Waals surface area contributed by atoms with Crippen LogP contribution in [-0.4, -0.2) is 18.9 Å². The molecular formula is C12H15N3O2S. The van der Waals surface area contributed by atoms with E-state index in [1.165, 1.54) is 18.3 Å². The number of hydrogen-bond acceptors (Lipinski definition) is 4. The zero-order valence-corrected chi connectivity index (χ0v) is 11.0. The van der Waals surface area contributed by atoms with Crippen LogP contribution in [0.3, 0.4) is 0 Å². The summed E-state index contributed by atoms with van der Waals surface area (Å²) in [6, 6.07) is 4.75. The lowest BCUT2D eigenvalue weighted by atomic mass is 9.76. The van der Waals surface area contributed by atoms with Gasteiger partial charge < -0.3 is 0 Å². The molecule has 0 radical (unpaired) electrons. The molecule has 96 valence electrons. The topological polar surface area (TPSA) is 82.8 Å². The van der Waals surface area contributed by atoms with E-state index in [0.717, 1.165) is 25.7 Å². The fourth-order valence-electron chi connectivity index (χ4n) is 2.16. The van der Waals surface area contributed by atoms with Gasteiger partial charge in [0.15, 0.2) is 5.69 Å². The molecule has 0 bridgehead atoms. The predicted octanol–water partition coefficient (Wildman–Crippen LogP) is 1.56. The second-order valence-electron chi connectivity index (χ2n) is 4.55. The molecule has 1 fully saturated rings. The first kappa shape index (κ1) is 13.0. The maximum absolute atomic E-state index is 12.3. The van der Waals surface area contributed by atoms with Crippen LogP contribution in [0.15, 0.2) is 23.2 Å². The smallest absolute Gasteiger partial charge is 0.243 e. The number of rotatable bonds is 4. The van der Waals surface area contributed by atoms with Crippen LogP contribution in [-0.2, 0) is 10.0 Å². The van der Waals surface area contributed by atoms with Gasteiger partial charge in [-0.1, -0.05) is 6.92 Å². The van der Waals surface area contributed by atoms with Crippen molar-refractivity contribution in [2.75, 3.05) is 0 Å². The van der Waals surface area contributed by atoms with Gasteiger partial charge in [0.25, 0.3) is 0 Å². The van der Waals surface area contributed by atoms with E-state index in [-0.39, 0.29) is 16.1 Å². The lowest BCUT2D eigenvalue weighted by molar-refractivity contribution is 0.214. The van der Waals surface area contributed by atoms with Crippen LogP contribution >= 0.6 is 0 Å². The predicted molar refractivity (Wildman–Crippen MR) is 66.1 cm³/mol. The van der Waals surface area contributed by atoms with Gasteiger partial charge in [0.2, 0.25) is 10.0 Å². The molecule has 1 N–H and O–H groups in total. The van der Waals surface area contributed by atoms with Crippen molar-refractivity contribution in [2.45, 2.75) is 43.0 Å². The highest BCUT2D eigenvalue weighted by molar-refractivity contribution is 7.89. The zero-order valence-electron chi connectivity index (χ0n) is 10.2. The number of nitrogens with one attached hydrogen (secondary N) is 1. The molecule has 2 rings (SSSR count). The fraction of sp³-hybridized carbons (Fsp3) is 0.500. The summed E-state index contributed by atoms with van der Waals surface area (Å²) in [7, 11) is -3.67. The van der Waals surface area contributed by atoms with E-state index in [0.29, 0.717) is 0 Å². The Morgan fingerprint density at radius 1 is 1.56 bits per heavy atom. The first-order valence-electron chi connectivity index (χ1n) is 5.92. The quantitative estimate of drug-likeness (QED) is 0.895. The van der Waals surface area contributed by atoms with Crippen molar-refractivity contribution in [1.29, 1.82) is 5.26 Å². The van der Waals surface area contributed by atoms with Gasteiger partial charge >= 0.3 is 0 Å². The summed E-state index contributed by atoms with van der Waals surface area (Å²) in [6.07, 6.45) is 4.91. The van der Waals surface area contributed by atoms with E-state index in [9.17, 15) is 8.42 Å². The molecule has 18 heavy (non-hydrogen) atoms. The van der Waals surface area contributed by atoms with Crippen LogP contribution in [0.5, 0.6) is 0 Å². The lowest BCUT2D eigenvalue weighted by Crippen LogP contribution is -2.52. The van der Waals surface area contributed by atoms with Crippen molar-refractivity contribution in [3.63, 3.8) is 0 Å². The molecule has 6 heteroatoms. The zero-order chi connectivity index (χ0) is 13.2. The Bertz CT molecular complexity index is 580. The Balaban J connectivity index is 2.34. The van der Waals surface area contributed by atoms with Crippen molar-refractivity contribution in [2.24, 2.45) is 0 Å². The van der Waals surface area contributed by atoms with Gasteiger partial charge in [0.05, 0.1) is 0 Å². The summed E-state index contributed by atoms with van der Waals surface area (Å²) in [5.74, 6) is 0. The Morgan fingerprint density at radius 3 is 2.78 bits per heavy atom. The van der Waals surface area contributed by atoms with Gasteiger partial charge in [-0.25, -0.2) is 18.1 Å². The van der Waals surface area contributed by atoms with Crippen LogP contribution in [0.2, 0.25) is 0 Å². The number of aromatic nitrogens is 1. The molecule has 1 heterocycles. The van der Waals surface area contributed by atoms with Crippen molar-refractivity contribution < 1.29 is 8.42 Å². The molecule has 0 atom stereocenters. The Hall–Kier alpha value is -1.45.